The molecule has 0 aliphatic carbocycles. The maximum atomic E-state index is 13.5. The van der Waals surface area contributed by atoms with E-state index in [1.54, 1.807) is 23.1 Å². The number of rotatable bonds is 8. The van der Waals surface area contributed by atoms with Gasteiger partial charge in [-0.3, -0.25) is 14.5 Å². The predicted molar refractivity (Wildman–Crippen MR) is 151 cm³/mol. The Balaban J connectivity index is 1.31. The Morgan fingerprint density at radius 2 is 1.59 bits per heavy atom. The van der Waals surface area contributed by atoms with Gasteiger partial charge in [0.2, 0.25) is 0 Å². The Kier molecular flexibility index (Phi) is 7.89. The van der Waals surface area contributed by atoms with Crippen LogP contribution in [0.1, 0.15) is 22.7 Å². The average molecular weight is 557 g/mol. The first-order valence-corrected chi connectivity index (χ1v) is 13.8. The number of hydrogen-bond donors (Lipinski definition) is 1. The van der Waals surface area contributed by atoms with Crippen molar-refractivity contribution in [1.29, 1.82) is 0 Å². The Labute approximate surface area is 238 Å². The monoisotopic (exact) mass is 556 g/mol. The second-order valence-electron chi connectivity index (χ2n) is 10.1. The largest absolute Gasteiger partial charge is 0.507 e. The summed E-state index contributed by atoms with van der Waals surface area (Å²) in [5.41, 5.74) is 2.18. The molecule has 3 aromatic rings. The minimum Gasteiger partial charge on any atom is -0.507 e. The van der Waals surface area contributed by atoms with E-state index in [1.807, 2.05) is 54.6 Å². The Morgan fingerprint density at radius 3 is 2.34 bits per heavy atom. The number of fused-ring (bicyclic) bond motifs is 1. The zero-order chi connectivity index (χ0) is 28.2. The van der Waals surface area contributed by atoms with Crippen LogP contribution < -0.4 is 14.2 Å². The van der Waals surface area contributed by atoms with Crippen molar-refractivity contribution in [3.05, 3.63) is 95.1 Å². The lowest BCUT2D eigenvalue weighted by molar-refractivity contribution is -0.140. The van der Waals surface area contributed by atoms with E-state index in [0.717, 1.165) is 18.7 Å². The van der Waals surface area contributed by atoms with Gasteiger partial charge in [0.25, 0.3) is 11.7 Å². The van der Waals surface area contributed by atoms with Crippen LogP contribution in [0.25, 0.3) is 5.76 Å². The second kappa shape index (κ2) is 12.0. The lowest BCUT2D eigenvalue weighted by Gasteiger charge is -2.31. The molecule has 1 atom stereocenters. The average Bonchev–Trinajstić information content (AvgIpc) is 3.28. The maximum Gasteiger partial charge on any atom is 0.295 e. The topological polar surface area (TPSA) is 97.8 Å². The molecule has 2 fully saturated rings. The molecular formula is C32H32N2O7. The molecule has 3 heterocycles. The first-order chi connectivity index (χ1) is 20.1. The minimum absolute atomic E-state index is 0.0478. The number of ketones is 1. The summed E-state index contributed by atoms with van der Waals surface area (Å²) < 4.78 is 22.7. The highest BCUT2D eigenvalue weighted by atomic mass is 16.6. The van der Waals surface area contributed by atoms with Crippen molar-refractivity contribution >= 4 is 17.4 Å². The molecule has 0 spiro atoms. The van der Waals surface area contributed by atoms with Gasteiger partial charge in [-0.2, -0.15) is 0 Å². The fourth-order valence-corrected chi connectivity index (χ4v) is 5.36. The van der Waals surface area contributed by atoms with Crippen LogP contribution in [0, 0.1) is 0 Å². The van der Waals surface area contributed by atoms with E-state index in [9.17, 15) is 14.7 Å². The summed E-state index contributed by atoms with van der Waals surface area (Å²) in [6, 6.07) is 21.5. The molecule has 0 radical (unpaired) electrons. The highest BCUT2D eigenvalue weighted by Gasteiger charge is 2.46. The summed E-state index contributed by atoms with van der Waals surface area (Å²) in [5.74, 6) is 0.124. The third-order valence-corrected chi connectivity index (χ3v) is 7.56. The molecule has 9 heteroatoms. The summed E-state index contributed by atoms with van der Waals surface area (Å²) >= 11 is 0. The number of hydrogen-bond acceptors (Lipinski definition) is 8. The van der Waals surface area contributed by atoms with E-state index in [-0.39, 0.29) is 11.3 Å². The summed E-state index contributed by atoms with van der Waals surface area (Å²) in [6.07, 6.45) is 0. The van der Waals surface area contributed by atoms with Gasteiger partial charge in [-0.25, -0.2) is 0 Å². The minimum atomic E-state index is -0.757. The van der Waals surface area contributed by atoms with Gasteiger partial charge in [0.05, 0.1) is 24.8 Å². The Morgan fingerprint density at radius 1 is 0.854 bits per heavy atom. The van der Waals surface area contributed by atoms with Gasteiger partial charge >= 0.3 is 0 Å². The number of morpholine rings is 1. The predicted octanol–water partition coefficient (Wildman–Crippen LogP) is 3.79. The lowest BCUT2D eigenvalue weighted by Crippen LogP contribution is -2.42. The fraction of sp³-hybridized carbons (Fsp3) is 0.312. The van der Waals surface area contributed by atoms with Crippen molar-refractivity contribution in [2.75, 3.05) is 52.6 Å². The standard InChI is InChI=1S/C32H32N2O7/c35-30(24-8-11-26-27(20-24)40-19-18-39-26)28-29(34(32(37)31(28)36)13-12-33-14-16-38-17-15-33)23-6-9-25(10-7-23)41-21-22-4-2-1-3-5-22/h1-11,20,29,35H,12-19,21H2/b30-28+. The number of ether oxygens (including phenoxy) is 4. The van der Waals surface area contributed by atoms with Crippen LogP contribution in [-0.2, 0) is 20.9 Å². The smallest absolute Gasteiger partial charge is 0.295 e. The molecule has 41 heavy (non-hydrogen) atoms. The van der Waals surface area contributed by atoms with Crippen LogP contribution >= 0.6 is 0 Å². The summed E-state index contributed by atoms with van der Waals surface area (Å²) in [4.78, 5) is 30.6. The molecule has 3 aromatic carbocycles. The SMILES string of the molecule is O=C1C(=O)N(CCN2CCOCC2)C(c2ccc(OCc3ccccc3)cc2)/C1=C(\O)c1ccc2c(c1)OCCO2. The molecule has 1 N–H and O–H groups in total. The molecule has 2 saturated heterocycles. The van der Waals surface area contributed by atoms with Crippen LogP contribution in [0.3, 0.4) is 0 Å². The molecule has 0 aromatic heterocycles. The lowest BCUT2D eigenvalue weighted by atomic mass is 9.95. The van der Waals surface area contributed by atoms with Gasteiger partial charge in [0, 0.05) is 31.7 Å². The van der Waals surface area contributed by atoms with Crippen molar-refractivity contribution < 1.29 is 33.6 Å². The van der Waals surface area contributed by atoms with Crippen molar-refractivity contribution in [1.82, 2.24) is 9.80 Å². The molecule has 6 rings (SSSR count). The first-order valence-electron chi connectivity index (χ1n) is 13.8. The number of carbonyl (C=O) groups is 2. The number of amides is 1. The van der Waals surface area contributed by atoms with Gasteiger partial charge in [0.15, 0.2) is 11.5 Å². The fourth-order valence-electron chi connectivity index (χ4n) is 5.36. The number of Topliss-reactive ketones (excluding diaryl/α,β-unsaturated/α-hetero) is 1. The third kappa shape index (κ3) is 5.77. The Hall–Kier alpha value is -4.34. The third-order valence-electron chi connectivity index (χ3n) is 7.56. The second-order valence-corrected chi connectivity index (χ2v) is 10.1. The summed E-state index contributed by atoms with van der Waals surface area (Å²) in [6.45, 7) is 4.97. The van der Waals surface area contributed by atoms with E-state index in [1.165, 1.54) is 0 Å². The molecule has 0 saturated carbocycles. The molecule has 0 bridgehead atoms. The van der Waals surface area contributed by atoms with Crippen molar-refractivity contribution in [3.8, 4) is 17.2 Å². The van der Waals surface area contributed by atoms with Gasteiger partial charge in [-0.05, 0) is 41.5 Å². The summed E-state index contributed by atoms with van der Waals surface area (Å²) in [5, 5.41) is 11.5. The van der Waals surface area contributed by atoms with Gasteiger partial charge in [-0.15, -0.1) is 0 Å². The van der Waals surface area contributed by atoms with Crippen LogP contribution in [-0.4, -0.2) is 79.2 Å². The zero-order valence-electron chi connectivity index (χ0n) is 22.7. The van der Waals surface area contributed by atoms with Gasteiger partial charge < -0.3 is 29.0 Å². The number of nitrogens with zero attached hydrogens (tertiary/aromatic N) is 2. The number of aliphatic hydroxyl groups is 1. The highest BCUT2D eigenvalue weighted by molar-refractivity contribution is 6.46. The van der Waals surface area contributed by atoms with Crippen LogP contribution in [0.4, 0.5) is 0 Å². The van der Waals surface area contributed by atoms with Gasteiger partial charge in [0.1, 0.15) is 31.3 Å². The van der Waals surface area contributed by atoms with Crippen molar-refractivity contribution in [2.45, 2.75) is 12.6 Å². The van der Waals surface area contributed by atoms with Crippen LogP contribution in [0.2, 0.25) is 0 Å². The summed E-state index contributed by atoms with van der Waals surface area (Å²) in [7, 11) is 0. The molecule has 9 nitrogen and oxygen atoms in total. The highest BCUT2D eigenvalue weighted by Crippen LogP contribution is 2.41. The molecule has 1 amide bonds. The number of carbonyl (C=O) groups excluding carboxylic acids is 2. The number of likely N-dealkylation sites (tertiary alicyclic amines) is 1. The van der Waals surface area contributed by atoms with E-state index in [2.05, 4.69) is 4.90 Å². The molecule has 1 unspecified atom stereocenters. The molecule has 3 aliphatic rings. The molecule has 3 aliphatic heterocycles. The molecule has 212 valence electrons. The maximum absolute atomic E-state index is 13.5. The number of aliphatic hydroxyl groups excluding tert-OH is 1. The normalized spacial score (nSPS) is 20.3. The van der Waals surface area contributed by atoms with Crippen molar-refractivity contribution in [3.63, 3.8) is 0 Å². The van der Waals surface area contributed by atoms with E-state index in [4.69, 9.17) is 18.9 Å². The van der Waals surface area contributed by atoms with E-state index in [0.29, 0.717) is 74.5 Å². The quantitative estimate of drug-likeness (QED) is 0.254. The van der Waals surface area contributed by atoms with Crippen molar-refractivity contribution in [2.24, 2.45) is 0 Å². The molecular weight excluding hydrogens is 524 g/mol. The zero-order valence-corrected chi connectivity index (χ0v) is 22.7. The number of benzene rings is 3. The first kappa shape index (κ1) is 26.9. The Bertz CT molecular complexity index is 1430. The van der Waals surface area contributed by atoms with Gasteiger partial charge in [-0.1, -0.05) is 42.5 Å². The van der Waals surface area contributed by atoms with E-state index < -0.39 is 17.7 Å². The van der Waals surface area contributed by atoms with Crippen LogP contribution in [0.5, 0.6) is 17.2 Å². The van der Waals surface area contributed by atoms with Crippen LogP contribution in [0.15, 0.2) is 78.4 Å². The van der Waals surface area contributed by atoms with E-state index >= 15 is 0 Å².